The molecular weight excluding hydrogens is 208 g/mol. The van der Waals surface area contributed by atoms with Crippen LogP contribution in [0.4, 0.5) is 0 Å². The molecule has 0 fully saturated rings. The Morgan fingerprint density at radius 2 is 2.20 bits per heavy atom. The molecule has 80 valence electrons. The van der Waals surface area contributed by atoms with E-state index in [1.165, 1.54) is 0 Å². The number of aliphatic hydroxyl groups is 1. The maximum absolute atomic E-state index is 9.85. The van der Waals surface area contributed by atoms with Crippen LogP contribution in [0.25, 0.3) is 0 Å². The SMILES string of the molecule is CC#CCCC(O)c1ccc(Cl)c(C)c1. The van der Waals surface area contributed by atoms with Gasteiger partial charge in [-0.1, -0.05) is 23.7 Å². The number of rotatable bonds is 3. The third-order valence-corrected chi connectivity index (χ3v) is 2.71. The van der Waals surface area contributed by atoms with E-state index >= 15 is 0 Å². The van der Waals surface area contributed by atoms with E-state index in [9.17, 15) is 5.11 Å². The summed E-state index contributed by atoms with van der Waals surface area (Å²) in [6.45, 7) is 3.74. The zero-order valence-electron chi connectivity index (χ0n) is 9.05. The molecule has 0 saturated heterocycles. The van der Waals surface area contributed by atoms with Crippen molar-refractivity contribution >= 4 is 11.6 Å². The van der Waals surface area contributed by atoms with E-state index in [0.717, 1.165) is 22.6 Å². The maximum Gasteiger partial charge on any atom is 0.0799 e. The van der Waals surface area contributed by atoms with Crippen molar-refractivity contribution in [2.75, 3.05) is 0 Å². The van der Waals surface area contributed by atoms with E-state index < -0.39 is 6.10 Å². The van der Waals surface area contributed by atoms with Gasteiger partial charge in [-0.2, -0.15) is 0 Å². The first-order chi connectivity index (χ1) is 7.15. The second-order valence-electron chi connectivity index (χ2n) is 3.49. The van der Waals surface area contributed by atoms with Gasteiger partial charge in [-0.05, 0) is 37.5 Å². The highest BCUT2D eigenvalue weighted by Gasteiger charge is 2.07. The summed E-state index contributed by atoms with van der Waals surface area (Å²) in [5, 5.41) is 10.6. The van der Waals surface area contributed by atoms with Crippen molar-refractivity contribution in [2.45, 2.75) is 32.8 Å². The molecule has 0 spiro atoms. The zero-order chi connectivity index (χ0) is 11.3. The summed E-state index contributed by atoms with van der Waals surface area (Å²) in [4.78, 5) is 0. The van der Waals surface area contributed by atoms with Gasteiger partial charge in [0.1, 0.15) is 0 Å². The summed E-state index contributed by atoms with van der Waals surface area (Å²) in [5.41, 5.74) is 1.91. The summed E-state index contributed by atoms with van der Waals surface area (Å²) in [6, 6.07) is 5.60. The van der Waals surface area contributed by atoms with Crippen molar-refractivity contribution in [1.29, 1.82) is 0 Å². The normalized spacial score (nSPS) is 11.7. The van der Waals surface area contributed by atoms with Gasteiger partial charge in [0.25, 0.3) is 0 Å². The molecule has 1 nitrogen and oxygen atoms in total. The minimum Gasteiger partial charge on any atom is -0.388 e. The van der Waals surface area contributed by atoms with E-state index in [1.54, 1.807) is 6.92 Å². The fourth-order valence-corrected chi connectivity index (χ4v) is 1.49. The van der Waals surface area contributed by atoms with Crippen molar-refractivity contribution in [1.82, 2.24) is 0 Å². The topological polar surface area (TPSA) is 20.2 Å². The van der Waals surface area contributed by atoms with Crippen molar-refractivity contribution in [3.63, 3.8) is 0 Å². The van der Waals surface area contributed by atoms with Gasteiger partial charge in [-0.3, -0.25) is 0 Å². The predicted octanol–water partition coefficient (Wildman–Crippen LogP) is 3.49. The lowest BCUT2D eigenvalue weighted by molar-refractivity contribution is 0.169. The number of benzene rings is 1. The molecule has 1 aromatic carbocycles. The monoisotopic (exact) mass is 222 g/mol. The third kappa shape index (κ3) is 3.58. The summed E-state index contributed by atoms with van der Waals surface area (Å²) >= 11 is 5.91. The van der Waals surface area contributed by atoms with Crippen LogP contribution in [0.5, 0.6) is 0 Å². The molecule has 0 heterocycles. The average Bonchev–Trinajstić information content (AvgIpc) is 2.22. The highest BCUT2D eigenvalue weighted by molar-refractivity contribution is 6.31. The molecule has 0 bridgehead atoms. The number of hydrogen-bond acceptors (Lipinski definition) is 1. The molecule has 1 N–H and O–H groups in total. The molecule has 0 amide bonds. The number of hydrogen-bond donors (Lipinski definition) is 1. The zero-order valence-corrected chi connectivity index (χ0v) is 9.80. The Labute approximate surface area is 96.1 Å². The molecular formula is C13H15ClO. The minimum atomic E-state index is -0.443. The van der Waals surface area contributed by atoms with Crippen LogP contribution < -0.4 is 0 Å². The molecule has 0 aliphatic heterocycles. The van der Waals surface area contributed by atoms with Crippen LogP contribution in [-0.2, 0) is 0 Å². The molecule has 2 heteroatoms. The second-order valence-corrected chi connectivity index (χ2v) is 3.90. The minimum absolute atomic E-state index is 0.443. The third-order valence-electron chi connectivity index (χ3n) is 2.29. The van der Waals surface area contributed by atoms with Crippen LogP contribution in [0.2, 0.25) is 5.02 Å². The van der Waals surface area contributed by atoms with Crippen LogP contribution in [0, 0.1) is 18.8 Å². The van der Waals surface area contributed by atoms with Gasteiger partial charge in [0, 0.05) is 11.4 Å². The lowest BCUT2D eigenvalue weighted by Crippen LogP contribution is -1.97. The standard InChI is InChI=1S/C13H15ClO/c1-3-4-5-6-13(15)11-7-8-12(14)10(2)9-11/h7-9,13,15H,5-6H2,1-2H3. The van der Waals surface area contributed by atoms with E-state index in [1.807, 2.05) is 25.1 Å². The van der Waals surface area contributed by atoms with Crippen molar-refractivity contribution in [3.05, 3.63) is 34.3 Å². The quantitative estimate of drug-likeness (QED) is 0.777. The van der Waals surface area contributed by atoms with Crippen molar-refractivity contribution in [3.8, 4) is 11.8 Å². The Kier molecular flexibility index (Phi) is 4.68. The summed E-state index contributed by atoms with van der Waals surface area (Å²) in [5.74, 6) is 5.75. The van der Waals surface area contributed by atoms with Gasteiger partial charge in [0.2, 0.25) is 0 Å². The summed E-state index contributed by atoms with van der Waals surface area (Å²) < 4.78 is 0. The molecule has 15 heavy (non-hydrogen) atoms. The van der Waals surface area contributed by atoms with E-state index in [2.05, 4.69) is 11.8 Å². The Balaban J connectivity index is 2.68. The van der Waals surface area contributed by atoms with E-state index in [4.69, 9.17) is 11.6 Å². The Morgan fingerprint density at radius 3 is 2.80 bits per heavy atom. The summed E-state index contributed by atoms with van der Waals surface area (Å²) in [6.07, 6.45) is 0.947. The molecule has 0 radical (unpaired) electrons. The molecule has 1 unspecified atom stereocenters. The maximum atomic E-state index is 9.85. The first-order valence-corrected chi connectivity index (χ1v) is 5.36. The van der Waals surface area contributed by atoms with Crippen LogP contribution in [-0.4, -0.2) is 5.11 Å². The Morgan fingerprint density at radius 1 is 1.47 bits per heavy atom. The molecule has 1 rings (SSSR count). The molecule has 0 aromatic heterocycles. The van der Waals surface area contributed by atoms with Crippen LogP contribution in [0.3, 0.4) is 0 Å². The first-order valence-electron chi connectivity index (χ1n) is 4.99. The lowest BCUT2D eigenvalue weighted by atomic mass is 10.0. The Bertz CT molecular complexity index is 387. The predicted molar refractivity (Wildman–Crippen MR) is 63.8 cm³/mol. The molecule has 0 aliphatic rings. The highest BCUT2D eigenvalue weighted by atomic mass is 35.5. The molecule has 1 atom stereocenters. The Hall–Kier alpha value is -0.970. The number of aliphatic hydroxyl groups excluding tert-OH is 1. The van der Waals surface area contributed by atoms with Crippen LogP contribution in [0.1, 0.15) is 37.0 Å². The van der Waals surface area contributed by atoms with Gasteiger partial charge in [-0.25, -0.2) is 0 Å². The molecule has 1 aromatic rings. The van der Waals surface area contributed by atoms with Gasteiger partial charge >= 0.3 is 0 Å². The van der Waals surface area contributed by atoms with E-state index in [0.29, 0.717) is 6.42 Å². The smallest absolute Gasteiger partial charge is 0.0799 e. The number of aryl methyl sites for hydroxylation is 1. The van der Waals surface area contributed by atoms with Gasteiger partial charge in [-0.15, -0.1) is 11.8 Å². The fourth-order valence-electron chi connectivity index (χ4n) is 1.38. The van der Waals surface area contributed by atoms with Gasteiger partial charge < -0.3 is 5.11 Å². The van der Waals surface area contributed by atoms with Crippen molar-refractivity contribution < 1.29 is 5.11 Å². The average molecular weight is 223 g/mol. The summed E-state index contributed by atoms with van der Waals surface area (Å²) in [7, 11) is 0. The first kappa shape index (κ1) is 12.1. The highest BCUT2D eigenvalue weighted by Crippen LogP contribution is 2.23. The second kappa shape index (κ2) is 5.80. The van der Waals surface area contributed by atoms with Crippen LogP contribution in [0.15, 0.2) is 18.2 Å². The van der Waals surface area contributed by atoms with Crippen molar-refractivity contribution in [2.24, 2.45) is 0 Å². The van der Waals surface area contributed by atoms with E-state index in [-0.39, 0.29) is 0 Å². The van der Waals surface area contributed by atoms with Gasteiger partial charge in [0.15, 0.2) is 0 Å². The molecule has 0 saturated carbocycles. The fraction of sp³-hybridized carbons (Fsp3) is 0.385. The molecule has 0 aliphatic carbocycles. The number of halogens is 1. The largest absolute Gasteiger partial charge is 0.388 e. The van der Waals surface area contributed by atoms with Crippen LogP contribution >= 0.6 is 11.6 Å². The van der Waals surface area contributed by atoms with Gasteiger partial charge in [0.05, 0.1) is 6.10 Å². The lowest BCUT2D eigenvalue weighted by Gasteiger charge is -2.10.